The Hall–Kier alpha value is -3.16. The lowest BCUT2D eigenvalue weighted by atomic mass is 9.65. The summed E-state index contributed by atoms with van der Waals surface area (Å²) in [7, 11) is 0. The van der Waals surface area contributed by atoms with Gasteiger partial charge in [-0.2, -0.15) is 0 Å². The van der Waals surface area contributed by atoms with Gasteiger partial charge in [0.15, 0.2) is 5.76 Å². The largest absolute Gasteiger partial charge is 0.461 e. The zero-order chi connectivity index (χ0) is 28.6. The number of aliphatic hydroxyl groups is 1. The number of rotatable bonds is 5. The lowest BCUT2D eigenvalue weighted by molar-refractivity contribution is -0.0372. The average molecular weight is 574 g/mol. The van der Waals surface area contributed by atoms with E-state index in [0.29, 0.717) is 37.3 Å². The van der Waals surface area contributed by atoms with E-state index in [-0.39, 0.29) is 23.2 Å². The molecule has 1 saturated carbocycles. The van der Waals surface area contributed by atoms with Gasteiger partial charge in [-0.3, -0.25) is 4.79 Å². The van der Waals surface area contributed by atoms with Crippen LogP contribution in [0.3, 0.4) is 0 Å². The summed E-state index contributed by atoms with van der Waals surface area (Å²) < 4.78 is 12.0. The molecule has 4 aliphatic rings. The number of ketones is 1. The van der Waals surface area contributed by atoms with Gasteiger partial charge in [0.25, 0.3) is 0 Å². The molecule has 2 fully saturated rings. The quantitative estimate of drug-likeness (QED) is 0.256. The number of carbonyl (C=O) groups is 2. The Kier molecular flexibility index (Phi) is 7.68. The third-order valence-electron chi connectivity index (χ3n) is 9.82. The zero-order valence-corrected chi connectivity index (χ0v) is 24.8. The fourth-order valence-electron chi connectivity index (χ4n) is 7.39. The molecule has 7 heteroatoms. The predicted octanol–water partition coefficient (Wildman–Crippen LogP) is 7.31. The predicted molar refractivity (Wildman–Crippen MR) is 159 cm³/mol. The first-order chi connectivity index (χ1) is 19.8. The van der Waals surface area contributed by atoms with E-state index in [1.807, 2.05) is 17.0 Å². The molecule has 1 spiro atoms. The van der Waals surface area contributed by atoms with Crippen molar-refractivity contribution in [3.8, 4) is 0 Å². The number of carbonyl (C=O) groups excluding carboxylic acids is 2. The Bertz CT molecular complexity index is 1430. The molecule has 41 heavy (non-hydrogen) atoms. The molecule has 6 nitrogen and oxygen atoms in total. The van der Waals surface area contributed by atoms with Gasteiger partial charge < -0.3 is 19.2 Å². The second kappa shape index (κ2) is 11.3. The monoisotopic (exact) mass is 573 g/mol. The van der Waals surface area contributed by atoms with E-state index in [9.17, 15) is 14.7 Å². The van der Waals surface area contributed by atoms with Crippen LogP contribution in [-0.2, 0) is 17.6 Å². The van der Waals surface area contributed by atoms with E-state index < -0.39 is 11.7 Å². The molecule has 1 amide bonds. The van der Waals surface area contributed by atoms with Gasteiger partial charge in [0, 0.05) is 22.4 Å². The minimum atomic E-state index is -0.622. The average Bonchev–Trinajstić information content (AvgIpc) is 3.76. The number of furan rings is 1. The maximum Gasteiger partial charge on any atom is 0.410 e. The highest BCUT2D eigenvalue weighted by Gasteiger charge is 2.63. The summed E-state index contributed by atoms with van der Waals surface area (Å²) in [6.07, 6.45) is 9.19. The van der Waals surface area contributed by atoms with Crippen molar-refractivity contribution >= 4 is 23.2 Å². The van der Waals surface area contributed by atoms with Gasteiger partial charge in [-0.25, -0.2) is 4.79 Å². The summed E-state index contributed by atoms with van der Waals surface area (Å²) in [6.45, 7) is 5.62. The van der Waals surface area contributed by atoms with Gasteiger partial charge in [-0.1, -0.05) is 36.8 Å². The van der Waals surface area contributed by atoms with Crippen molar-refractivity contribution in [2.45, 2.75) is 82.8 Å². The van der Waals surface area contributed by atoms with Crippen molar-refractivity contribution in [2.75, 3.05) is 13.1 Å². The molecule has 3 aromatic rings. The van der Waals surface area contributed by atoms with Crippen LogP contribution in [0.15, 0.2) is 70.2 Å². The van der Waals surface area contributed by atoms with E-state index in [2.05, 4.69) is 43.5 Å². The topological polar surface area (TPSA) is 80.0 Å². The number of aliphatic hydroxyl groups excluding tert-OH is 1. The Morgan fingerprint density at radius 1 is 1.17 bits per heavy atom. The first-order valence-corrected chi connectivity index (χ1v) is 15.7. The third-order valence-corrected chi connectivity index (χ3v) is 10.8. The number of nitrogens with zero attached hydrogens (tertiary/aromatic N) is 1. The highest BCUT2D eigenvalue weighted by atomic mass is 32.1. The standard InChI is InChI=1S/C34H39NO5S/c1-23-6-3-15-33(2)29(13-16-34(33)22-35(32(38)40-34)17-14-26-7-5-19-41-26)27-12-10-24(20-25(36)11-9-23)21-28(27)31(37)30-8-4-18-39-30/h4-8,10,12,18-19,21,25,29,36H,3,9,11,13-17,20,22H2,1-2H3. The minimum absolute atomic E-state index is 0.0251. The molecule has 2 bridgehead atoms. The molecule has 216 valence electrons. The first kappa shape index (κ1) is 28.0. The van der Waals surface area contributed by atoms with Gasteiger partial charge in [-0.05, 0) is 105 Å². The normalized spacial score (nSPS) is 28.4. The van der Waals surface area contributed by atoms with E-state index in [0.717, 1.165) is 49.7 Å². The van der Waals surface area contributed by atoms with Gasteiger partial charge in [0.2, 0.25) is 5.78 Å². The van der Waals surface area contributed by atoms with Crippen molar-refractivity contribution in [1.29, 1.82) is 0 Å². The highest BCUT2D eigenvalue weighted by Crippen LogP contribution is 2.61. The molecule has 2 aromatic heterocycles. The van der Waals surface area contributed by atoms with Crippen molar-refractivity contribution < 1.29 is 23.8 Å². The van der Waals surface area contributed by atoms with Gasteiger partial charge in [0.05, 0.1) is 18.9 Å². The second-order valence-corrected chi connectivity index (χ2v) is 13.4. The molecule has 3 aliphatic carbocycles. The number of allylic oxidation sites excluding steroid dienone is 2. The van der Waals surface area contributed by atoms with Crippen LogP contribution in [0.1, 0.15) is 90.4 Å². The van der Waals surface area contributed by atoms with Crippen molar-refractivity contribution in [2.24, 2.45) is 5.41 Å². The van der Waals surface area contributed by atoms with Crippen molar-refractivity contribution in [1.82, 2.24) is 4.90 Å². The molecule has 4 atom stereocenters. The van der Waals surface area contributed by atoms with Crippen LogP contribution in [0.25, 0.3) is 0 Å². The fourth-order valence-corrected chi connectivity index (χ4v) is 8.09. The van der Waals surface area contributed by atoms with Crippen molar-refractivity contribution in [3.63, 3.8) is 0 Å². The number of benzene rings is 1. The summed E-state index contributed by atoms with van der Waals surface area (Å²) in [5, 5.41) is 12.8. The summed E-state index contributed by atoms with van der Waals surface area (Å²) in [6, 6.07) is 13.7. The summed E-state index contributed by atoms with van der Waals surface area (Å²) in [5.74, 6) is 0.190. The van der Waals surface area contributed by atoms with E-state index in [1.54, 1.807) is 23.5 Å². The highest BCUT2D eigenvalue weighted by molar-refractivity contribution is 7.09. The molecule has 7 rings (SSSR count). The number of thiophene rings is 1. The molecule has 1 N–H and O–H groups in total. The molecule has 4 unspecified atom stereocenters. The van der Waals surface area contributed by atoms with Gasteiger partial charge in [-0.15, -0.1) is 11.3 Å². The first-order valence-electron chi connectivity index (χ1n) is 14.8. The Labute approximate surface area is 246 Å². The van der Waals surface area contributed by atoms with Crippen LogP contribution in [0.4, 0.5) is 4.79 Å². The van der Waals surface area contributed by atoms with Crippen LogP contribution >= 0.6 is 11.3 Å². The van der Waals surface area contributed by atoms with Crippen LogP contribution in [0, 0.1) is 5.41 Å². The fraction of sp³-hybridized carbons (Fsp3) is 0.471. The lowest BCUT2D eigenvalue weighted by Gasteiger charge is -2.43. The summed E-state index contributed by atoms with van der Waals surface area (Å²) in [5.41, 5.74) is 2.83. The second-order valence-electron chi connectivity index (χ2n) is 12.3. The van der Waals surface area contributed by atoms with Crippen LogP contribution in [0.2, 0.25) is 0 Å². The molecule has 1 aliphatic heterocycles. The molecular weight excluding hydrogens is 534 g/mol. The number of amides is 1. The molecular formula is C34H39NO5S. The SMILES string of the molecule is CC1=CCCC2(C)C(CCC23CN(CCc2cccs2)C(=O)O3)c2ccc(cc2C(=O)c2ccco2)CC(O)CC1. The lowest BCUT2D eigenvalue weighted by Crippen LogP contribution is -2.48. The number of ether oxygens (including phenoxy) is 1. The zero-order valence-electron chi connectivity index (χ0n) is 23.9. The molecule has 0 radical (unpaired) electrons. The number of hydrogen-bond acceptors (Lipinski definition) is 6. The van der Waals surface area contributed by atoms with Gasteiger partial charge in [0.1, 0.15) is 5.60 Å². The minimum Gasteiger partial charge on any atom is -0.461 e. The molecule has 3 heterocycles. The number of hydrogen-bond donors (Lipinski definition) is 1. The van der Waals surface area contributed by atoms with E-state index in [1.165, 1.54) is 16.7 Å². The molecule has 1 saturated heterocycles. The number of fused-ring (bicyclic) bond motifs is 8. The Morgan fingerprint density at radius 3 is 2.83 bits per heavy atom. The van der Waals surface area contributed by atoms with E-state index in [4.69, 9.17) is 9.15 Å². The summed E-state index contributed by atoms with van der Waals surface area (Å²) in [4.78, 5) is 30.3. The van der Waals surface area contributed by atoms with Crippen molar-refractivity contribution in [3.05, 3.63) is 93.1 Å². The van der Waals surface area contributed by atoms with Crippen LogP contribution in [-0.4, -0.2) is 46.7 Å². The van der Waals surface area contributed by atoms with Crippen LogP contribution in [0.5, 0.6) is 0 Å². The third kappa shape index (κ3) is 5.30. The maximum absolute atomic E-state index is 13.8. The smallest absolute Gasteiger partial charge is 0.410 e. The Balaban J connectivity index is 1.39. The van der Waals surface area contributed by atoms with Gasteiger partial charge >= 0.3 is 6.09 Å². The maximum atomic E-state index is 13.8. The Morgan fingerprint density at radius 2 is 2.05 bits per heavy atom. The van der Waals surface area contributed by atoms with Crippen LogP contribution < -0.4 is 0 Å². The molecule has 1 aromatic carbocycles. The summed E-state index contributed by atoms with van der Waals surface area (Å²) >= 11 is 1.72. The van der Waals surface area contributed by atoms with E-state index >= 15 is 0 Å².